The first-order valence-corrected chi connectivity index (χ1v) is 7.98. The molecule has 0 bridgehead atoms. The van der Waals surface area contributed by atoms with E-state index in [2.05, 4.69) is 4.98 Å². The monoisotopic (exact) mass is 357 g/mol. The van der Waals surface area contributed by atoms with Crippen molar-refractivity contribution in [3.8, 4) is 5.75 Å². The SMILES string of the molecule is CCOC(=O)c1c(C=Cc2sc(Cl)nc2Cl)cccc1OC. The van der Waals surface area contributed by atoms with E-state index in [4.69, 9.17) is 32.7 Å². The molecule has 0 aliphatic carbocycles. The lowest BCUT2D eigenvalue weighted by Gasteiger charge is -2.10. The van der Waals surface area contributed by atoms with Gasteiger partial charge in [-0.25, -0.2) is 9.78 Å². The van der Waals surface area contributed by atoms with Gasteiger partial charge in [0.25, 0.3) is 0 Å². The van der Waals surface area contributed by atoms with Crippen molar-refractivity contribution in [2.75, 3.05) is 13.7 Å². The molecule has 0 aliphatic rings. The summed E-state index contributed by atoms with van der Waals surface area (Å²) < 4.78 is 10.7. The van der Waals surface area contributed by atoms with E-state index in [-0.39, 0.29) is 6.61 Å². The second-order valence-corrected chi connectivity index (χ2v) is 6.07. The van der Waals surface area contributed by atoms with Crippen LogP contribution in [-0.2, 0) is 4.74 Å². The molecule has 4 nitrogen and oxygen atoms in total. The van der Waals surface area contributed by atoms with Gasteiger partial charge >= 0.3 is 5.97 Å². The summed E-state index contributed by atoms with van der Waals surface area (Å²) in [5.41, 5.74) is 1.04. The van der Waals surface area contributed by atoms with Crippen LogP contribution in [0.2, 0.25) is 9.62 Å². The molecule has 1 aromatic heterocycles. The highest BCUT2D eigenvalue weighted by atomic mass is 35.5. The van der Waals surface area contributed by atoms with E-state index in [1.165, 1.54) is 18.4 Å². The van der Waals surface area contributed by atoms with Crippen LogP contribution in [0.15, 0.2) is 18.2 Å². The van der Waals surface area contributed by atoms with E-state index >= 15 is 0 Å². The number of hydrogen-bond acceptors (Lipinski definition) is 5. The molecule has 0 amide bonds. The van der Waals surface area contributed by atoms with Crippen LogP contribution in [0.25, 0.3) is 12.2 Å². The minimum absolute atomic E-state index is 0.288. The number of carbonyl (C=O) groups is 1. The second kappa shape index (κ2) is 7.63. The van der Waals surface area contributed by atoms with Crippen LogP contribution in [0.5, 0.6) is 5.75 Å². The third kappa shape index (κ3) is 3.80. The normalized spacial score (nSPS) is 10.9. The Morgan fingerprint density at radius 2 is 2.14 bits per heavy atom. The van der Waals surface area contributed by atoms with E-state index in [0.29, 0.717) is 31.4 Å². The molecule has 0 fully saturated rings. The van der Waals surface area contributed by atoms with Gasteiger partial charge in [-0.1, -0.05) is 41.4 Å². The fourth-order valence-electron chi connectivity index (χ4n) is 1.83. The highest BCUT2D eigenvalue weighted by Crippen LogP contribution is 2.30. The summed E-state index contributed by atoms with van der Waals surface area (Å²) in [5.74, 6) is 0.0158. The molecule has 2 aromatic rings. The Hall–Kier alpha value is -1.56. The number of rotatable bonds is 5. The molecule has 0 saturated carbocycles. The topological polar surface area (TPSA) is 48.4 Å². The number of thiazole rings is 1. The molecule has 1 aromatic carbocycles. The summed E-state index contributed by atoms with van der Waals surface area (Å²) >= 11 is 13.0. The summed E-state index contributed by atoms with van der Waals surface area (Å²) in [5, 5.41) is 0.326. The number of carbonyl (C=O) groups excluding carboxylic acids is 1. The Bertz CT molecular complexity index is 713. The molecule has 0 unspecified atom stereocenters. The Balaban J connectivity index is 2.42. The average Bonchev–Trinajstić information content (AvgIpc) is 2.82. The van der Waals surface area contributed by atoms with Gasteiger partial charge in [0.1, 0.15) is 16.5 Å². The zero-order valence-corrected chi connectivity index (χ0v) is 14.3. The number of methoxy groups -OCH3 is 1. The second-order valence-electron chi connectivity index (χ2n) is 4.10. The van der Waals surface area contributed by atoms with Crippen molar-refractivity contribution in [1.29, 1.82) is 0 Å². The van der Waals surface area contributed by atoms with Crippen LogP contribution in [0.4, 0.5) is 0 Å². The van der Waals surface area contributed by atoms with E-state index in [1.54, 1.807) is 37.3 Å². The van der Waals surface area contributed by atoms with Crippen LogP contribution in [0.1, 0.15) is 27.7 Å². The molecule has 0 atom stereocenters. The highest BCUT2D eigenvalue weighted by Gasteiger charge is 2.17. The third-order valence-corrected chi connectivity index (χ3v) is 4.28. The Labute approximate surface area is 142 Å². The third-order valence-electron chi connectivity index (χ3n) is 2.76. The van der Waals surface area contributed by atoms with Crippen molar-refractivity contribution in [2.24, 2.45) is 0 Å². The predicted molar refractivity (Wildman–Crippen MR) is 90.0 cm³/mol. The maximum absolute atomic E-state index is 12.1. The molecule has 2 rings (SSSR count). The fraction of sp³-hybridized carbons (Fsp3) is 0.200. The van der Waals surface area contributed by atoms with Crippen LogP contribution in [0, 0.1) is 0 Å². The molecular weight excluding hydrogens is 345 g/mol. The van der Waals surface area contributed by atoms with E-state index in [0.717, 1.165) is 0 Å². The largest absolute Gasteiger partial charge is 0.496 e. The zero-order valence-electron chi connectivity index (χ0n) is 11.9. The molecule has 7 heteroatoms. The number of aromatic nitrogens is 1. The standard InChI is InChI=1S/C15H13Cl2NO3S/c1-3-21-14(19)12-9(5-4-6-10(12)20-2)7-8-11-13(16)18-15(17)22-11/h4-8H,3H2,1-2H3. The lowest BCUT2D eigenvalue weighted by atomic mass is 10.1. The summed E-state index contributed by atoms with van der Waals surface area (Å²) in [6, 6.07) is 5.30. The molecule has 22 heavy (non-hydrogen) atoms. The number of hydrogen-bond donors (Lipinski definition) is 0. The number of benzene rings is 1. The summed E-state index contributed by atoms with van der Waals surface area (Å²) in [6.07, 6.45) is 3.51. The van der Waals surface area contributed by atoms with Crippen molar-refractivity contribution in [2.45, 2.75) is 6.92 Å². The number of esters is 1. The summed E-state index contributed by atoms with van der Waals surface area (Å²) in [4.78, 5) is 16.8. The Morgan fingerprint density at radius 3 is 2.73 bits per heavy atom. The summed E-state index contributed by atoms with van der Waals surface area (Å²) in [6.45, 7) is 2.04. The minimum atomic E-state index is -0.437. The maximum atomic E-state index is 12.1. The van der Waals surface area contributed by atoms with Crippen LogP contribution in [-0.4, -0.2) is 24.7 Å². The van der Waals surface area contributed by atoms with Gasteiger partial charge in [0, 0.05) is 0 Å². The van der Waals surface area contributed by atoms with Gasteiger partial charge in [-0.15, -0.1) is 11.3 Å². The van der Waals surface area contributed by atoms with E-state index < -0.39 is 5.97 Å². The average molecular weight is 358 g/mol. The van der Waals surface area contributed by atoms with Gasteiger partial charge < -0.3 is 9.47 Å². The molecule has 0 radical (unpaired) electrons. The maximum Gasteiger partial charge on any atom is 0.342 e. The molecule has 0 saturated heterocycles. The van der Waals surface area contributed by atoms with Gasteiger partial charge in [0.15, 0.2) is 4.47 Å². The minimum Gasteiger partial charge on any atom is -0.496 e. The van der Waals surface area contributed by atoms with Crippen LogP contribution in [0.3, 0.4) is 0 Å². The van der Waals surface area contributed by atoms with Gasteiger partial charge in [-0.05, 0) is 24.6 Å². The highest BCUT2D eigenvalue weighted by molar-refractivity contribution is 7.17. The lowest BCUT2D eigenvalue weighted by Crippen LogP contribution is -2.08. The van der Waals surface area contributed by atoms with Gasteiger partial charge in [-0.2, -0.15) is 0 Å². The number of halogens is 2. The van der Waals surface area contributed by atoms with E-state index in [9.17, 15) is 4.79 Å². The lowest BCUT2D eigenvalue weighted by molar-refractivity contribution is 0.0522. The molecule has 116 valence electrons. The zero-order chi connectivity index (χ0) is 16.1. The molecule has 0 N–H and O–H groups in total. The molecular formula is C15H13Cl2NO3S. The van der Waals surface area contributed by atoms with Crippen molar-refractivity contribution >= 4 is 52.7 Å². The van der Waals surface area contributed by atoms with Gasteiger partial charge in [0.2, 0.25) is 0 Å². The van der Waals surface area contributed by atoms with Crippen LogP contribution >= 0.6 is 34.5 Å². The van der Waals surface area contributed by atoms with Crippen molar-refractivity contribution in [3.63, 3.8) is 0 Å². The molecule has 1 heterocycles. The van der Waals surface area contributed by atoms with Gasteiger partial charge in [-0.3, -0.25) is 0 Å². The van der Waals surface area contributed by atoms with Crippen molar-refractivity contribution in [1.82, 2.24) is 4.98 Å². The van der Waals surface area contributed by atoms with Crippen molar-refractivity contribution in [3.05, 3.63) is 43.8 Å². The fourth-order valence-corrected chi connectivity index (χ4v) is 3.11. The van der Waals surface area contributed by atoms with Crippen LogP contribution < -0.4 is 4.74 Å². The first-order chi connectivity index (χ1) is 10.6. The first kappa shape index (κ1) is 16.8. The van der Waals surface area contributed by atoms with Gasteiger partial charge in [0.05, 0.1) is 18.6 Å². The Kier molecular flexibility index (Phi) is 5.83. The smallest absolute Gasteiger partial charge is 0.342 e. The number of ether oxygens (including phenoxy) is 2. The summed E-state index contributed by atoms with van der Waals surface area (Å²) in [7, 11) is 1.51. The van der Waals surface area contributed by atoms with E-state index in [1.807, 2.05) is 0 Å². The van der Waals surface area contributed by atoms with Crippen molar-refractivity contribution < 1.29 is 14.3 Å². The first-order valence-electron chi connectivity index (χ1n) is 6.40. The Morgan fingerprint density at radius 1 is 1.36 bits per heavy atom. The predicted octanol–water partition coefficient (Wildman–Crippen LogP) is 4.81. The molecule has 0 aliphatic heterocycles. The quantitative estimate of drug-likeness (QED) is 0.720. The molecule has 0 spiro atoms. The number of nitrogens with zero attached hydrogens (tertiary/aromatic N) is 1.